The average molecular weight is 303 g/mol. The number of rotatable bonds is 1. The van der Waals surface area contributed by atoms with Gasteiger partial charge in [0, 0.05) is 10.4 Å². The number of aryl methyl sites for hydroxylation is 1. The number of hydrogen-bond donors (Lipinski definition) is 0. The highest BCUT2D eigenvalue weighted by Crippen LogP contribution is 2.34. The van der Waals surface area contributed by atoms with Crippen LogP contribution >= 0.6 is 27.3 Å². The first-order valence-electron chi connectivity index (χ1n) is 5.03. The van der Waals surface area contributed by atoms with Crippen LogP contribution in [0.1, 0.15) is 28.1 Å². The van der Waals surface area contributed by atoms with Gasteiger partial charge in [-0.2, -0.15) is 0 Å². The van der Waals surface area contributed by atoms with E-state index in [2.05, 4.69) is 20.7 Å². The summed E-state index contributed by atoms with van der Waals surface area (Å²) in [6.45, 7) is 0. The average Bonchev–Trinajstić information content (AvgIpc) is 2.57. The Morgan fingerprint density at radius 3 is 3.06 bits per heavy atom. The highest BCUT2D eigenvalue weighted by atomic mass is 79.9. The van der Waals surface area contributed by atoms with E-state index in [1.807, 2.05) is 6.07 Å². The molecule has 0 fully saturated rings. The predicted octanol–water partition coefficient (Wildman–Crippen LogP) is 2.82. The van der Waals surface area contributed by atoms with Crippen LogP contribution in [0.15, 0.2) is 9.85 Å². The molecular weight excluding hydrogens is 292 g/mol. The summed E-state index contributed by atoms with van der Waals surface area (Å²) in [4.78, 5) is 24.7. The molecule has 1 aliphatic rings. The number of methoxy groups -OCH3 is 1. The Balaban J connectivity index is 2.36. The fraction of sp³-hybridized carbons (Fsp3) is 0.455. The zero-order valence-corrected chi connectivity index (χ0v) is 11.2. The number of ether oxygens (including phenoxy) is 1. The summed E-state index contributed by atoms with van der Waals surface area (Å²) in [5.74, 6) is -1.13. The van der Waals surface area contributed by atoms with Gasteiger partial charge in [-0.05, 0) is 41.3 Å². The fourth-order valence-electron chi connectivity index (χ4n) is 1.94. The van der Waals surface area contributed by atoms with Gasteiger partial charge in [-0.3, -0.25) is 9.59 Å². The van der Waals surface area contributed by atoms with Crippen LogP contribution in [0, 0.1) is 5.92 Å². The second-order valence-electron chi connectivity index (χ2n) is 3.72. The van der Waals surface area contributed by atoms with E-state index < -0.39 is 11.9 Å². The van der Waals surface area contributed by atoms with Gasteiger partial charge in [-0.1, -0.05) is 0 Å². The maximum Gasteiger partial charge on any atom is 0.316 e. The van der Waals surface area contributed by atoms with Crippen LogP contribution in [0.25, 0.3) is 0 Å². The highest BCUT2D eigenvalue weighted by molar-refractivity contribution is 9.11. The van der Waals surface area contributed by atoms with Crippen molar-refractivity contribution in [3.8, 4) is 0 Å². The van der Waals surface area contributed by atoms with Crippen molar-refractivity contribution in [1.82, 2.24) is 0 Å². The van der Waals surface area contributed by atoms with Crippen LogP contribution in [-0.4, -0.2) is 18.9 Å². The molecule has 3 nitrogen and oxygen atoms in total. The van der Waals surface area contributed by atoms with Gasteiger partial charge in [0.05, 0.1) is 10.9 Å². The van der Waals surface area contributed by atoms with E-state index in [1.165, 1.54) is 7.11 Å². The standard InChI is InChI=1S/C11H11BrO3S/c1-15-11(14)6-3-2-4-8-7(10(6)13)5-9(12)16-8/h5-6H,2-4H2,1H3. The minimum absolute atomic E-state index is 0.0960. The molecule has 16 heavy (non-hydrogen) atoms. The van der Waals surface area contributed by atoms with Crippen molar-refractivity contribution in [3.05, 3.63) is 20.3 Å². The summed E-state index contributed by atoms with van der Waals surface area (Å²) >= 11 is 4.94. The second kappa shape index (κ2) is 4.67. The summed E-state index contributed by atoms with van der Waals surface area (Å²) in [6, 6.07) is 1.81. The molecule has 0 N–H and O–H groups in total. The van der Waals surface area contributed by atoms with Gasteiger partial charge in [0.15, 0.2) is 5.78 Å². The Kier molecular flexibility index (Phi) is 3.44. The number of fused-ring (bicyclic) bond motifs is 1. The number of Topliss-reactive ketones (excluding diaryl/α,β-unsaturated/α-hetero) is 1. The molecule has 1 unspecified atom stereocenters. The molecule has 1 aliphatic carbocycles. The van der Waals surface area contributed by atoms with Crippen LogP contribution in [0.4, 0.5) is 0 Å². The maximum atomic E-state index is 12.1. The summed E-state index contributed by atoms with van der Waals surface area (Å²) in [5, 5.41) is 0. The molecule has 0 spiro atoms. The van der Waals surface area contributed by atoms with E-state index in [0.717, 1.165) is 21.5 Å². The molecule has 1 aromatic rings. The molecular formula is C11H11BrO3S. The quantitative estimate of drug-likeness (QED) is 0.455. The number of carbonyl (C=O) groups excluding carboxylic acids is 2. The van der Waals surface area contributed by atoms with Gasteiger partial charge in [0.25, 0.3) is 0 Å². The first-order chi connectivity index (χ1) is 7.63. The predicted molar refractivity (Wildman–Crippen MR) is 64.8 cm³/mol. The molecule has 0 amide bonds. The van der Waals surface area contributed by atoms with Gasteiger partial charge >= 0.3 is 5.97 Å². The molecule has 0 radical (unpaired) electrons. The van der Waals surface area contributed by atoms with Crippen LogP contribution in [-0.2, 0) is 16.0 Å². The smallest absolute Gasteiger partial charge is 0.316 e. The Bertz CT molecular complexity index is 438. The first kappa shape index (κ1) is 11.8. The van der Waals surface area contributed by atoms with E-state index >= 15 is 0 Å². The molecule has 1 heterocycles. The number of halogens is 1. The molecule has 0 aliphatic heterocycles. The van der Waals surface area contributed by atoms with Crippen molar-refractivity contribution < 1.29 is 14.3 Å². The molecule has 0 saturated heterocycles. The fourth-order valence-corrected chi connectivity index (χ4v) is 3.69. The third kappa shape index (κ3) is 2.06. The van der Waals surface area contributed by atoms with Crippen molar-refractivity contribution >= 4 is 39.0 Å². The zero-order valence-electron chi connectivity index (χ0n) is 8.79. The molecule has 0 bridgehead atoms. The van der Waals surface area contributed by atoms with E-state index in [9.17, 15) is 9.59 Å². The Morgan fingerprint density at radius 1 is 1.62 bits per heavy atom. The third-order valence-electron chi connectivity index (χ3n) is 2.74. The van der Waals surface area contributed by atoms with Crippen LogP contribution in [0.2, 0.25) is 0 Å². The van der Waals surface area contributed by atoms with Gasteiger partial charge in [0.1, 0.15) is 5.92 Å². The first-order valence-corrected chi connectivity index (χ1v) is 6.64. The summed E-state index contributed by atoms with van der Waals surface area (Å²) in [7, 11) is 1.32. The third-order valence-corrected chi connectivity index (χ3v) is 4.44. The Morgan fingerprint density at radius 2 is 2.38 bits per heavy atom. The van der Waals surface area contributed by atoms with Gasteiger partial charge in [-0.25, -0.2) is 0 Å². The maximum absolute atomic E-state index is 12.1. The summed E-state index contributed by atoms with van der Waals surface area (Å²) in [5.41, 5.74) is 0.685. The second-order valence-corrected chi connectivity index (χ2v) is 6.24. The van der Waals surface area contributed by atoms with Gasteiger partial charge in [-0.15, -0.1) is 11.3 Å². The van der Waals surface area contributed by atoms with Crippen LogP contribution in [0.5, 0.6) is 0 Å². The van der Waals surface area contributed by atoms with Crippen molar-refractivity contribution in [3.63, 3.8) is 0 Å². The van der Waals surface area contributed by atoms with E-state index in [-0.39, 0.29) is 5.78 Å². The van der Waals surface area contributed by atoms with Crippen LogP contribution < -0.4 is 0 Å². The molecule has 1 atom stereocenters. The number of hydrogen-bond acceptors (Lipinski definition) is 4. The largest absolute Gasteiger partial charge is 0.468 e. The minimum atomic E-state index is -0.618. The van der Waals surface area contributed by atoms with Crippen molar-refractivity contribution in [1.29, 1.82) is 0 Å². The van der Waals surface area contributed by atoms with Crippen LogP contribution in [0.3, 0.4) is 0 Å². The lowest BCUT2D eigenvalue weighted by atomic mass is 9.97. The summed E-state index contributed by atoms with van der Waals surface area (Å²) in [6.07, 6.45) is 2.31. The molecule has 2 rings (SSSR count). The monoisotopic (exact) mass is 302 g/mol. The van der Waals surface area contributed by atoms with E-state index in [0.29, 0.717) is 12.0 Å². The molecule has 0 saturated carbocycles. The molecule has 5 heteroatoms. The van der Waals surface area contributed by atoms with Gasteiger partial charge in [0.2, 0.25) is 0 Å². The lowest BCUT2D eigenvalue weighted by Gasteiger charge is -2.09. The summed E-state index contributed by atoms with van der Waals surface area (Å²) < 4.78 is 5.61. The van der Waals surface area contributed by atoms with Crippen molar-refractivity contribution in [2.24, 2.45) is 5.92 Å². The highest BCUT2D eigenvalue weighted by Gasteiger charge is 2.32. The van der Waals surface area contributed by atoms with E-state index in [1.54, 1.807) is 11.3 Å². The molecule has 0 aromatic carbocycles. The lowest BCUT2D eigenvalue weighted by Crippen LogP contribution is -2.24. The van der Waals surface area contributed by atoms with Crippen molar-refractivity contribution in [2.45, 2.75) is 19.3 Å². The number of esters is 1. The number of carbonyl (C=O) groups is 2. The number of thiophene rings is 1. The van der Waals surface area contributed by atoms with Gasteiger partial charge < -0.3 is 4.74 Å². The minimum Gasteiger partial charge on any atom is -0.468 e. The molecule has 86 valence electrons. The van der Waals surface area contributed by atoms with Crippen molar-refractivity contribution in [2.75, 3.05) is 7.11 Å². The Labute approximate surface area is 106 Å². The Hall–Kier alpha value is -0.680. The zero-order chi connectivity index (χ0) is 11.7. The normalized spacial score (nSPS) is 20.1. The van der Waals surface area contributed by atoms with E-state index in [4.69, 9.17) is 0 Å². The lowest BCUT2D eigenvalue weighted by molar-refractivity contribution is -0.143. The number of ketones is 1. The molecule has 1 aromatic heterocycles. The SMILES string of the molecule is COC(=O)C1CCCc2sc(Br)cc2C1=O. The topological polar surface area (TPSA) is 43.4 Å².